The molecule has 140 valence electrons. The molecule has 4 N–H and O–H groups in total. The second-order valence-electron chi connectivity index (χ2n) is 7.40. The van der Waals surface area contributed by atoms with E-state index in [2.05, 4.69) is 32.7 Å². The summed E-state index contributed by atoms with van der Waals surface area (Å²) in [5.41, 5.74) is 3.15. The molecule has 1 saturated heterocycles. The first-order valence-electron chi connectivity index (χ1n) is 9.14. The van der Waals surface area contributed by atoms with E-state index >= 15 is 0 Å². The maximum Gasteiger partial charge on any atom is 0.252 e. The molecule has 1 amide bonds. The molecule has 0 spiro atoms. The van der Waals surface area contributed by atoms with Crippen molar-refractivity contribution in [2.75, 3.05) is 13.1 Å². The second-order valence-corrected chi connectivity index (χ2v) is 7.40. The third-order valence-electron chi connectivity index (χ3n) is 5.24. The first-order valence-corrected chi connectivity index (χ1v) is 9.14. The van der Waals surface area contributed by atoms with Crippen LogP contribution in [0, 0.1) is 6.92 Å². The molecule has 27 heavy (non-hydrogen) atoms. The summed E-state index contributed by atoms with van der Waals surface area (Å²) in [6.07, 6.45) is 1.78. The molecule has 0 unspecified atom stereocenters. The number of rotatable bonds is 3. The number of phenols is 1. The Bertz CT molecular complexity index is 988. The van der Waals surface area contributed by atoms with Gasteiger partial charge in [-0.25, -0.2) is 4.98 Å². The summed E-state index contributed by atoms with van der Waals surface area (Å²) in [6, 6.07) is 8.58. The van der Waals surface area contributed by atoms with E-state index < -0.39 is 0 Å². The van der Waals surface area contributed by atoms with Crippen LogP contribution in [0.25, 0.3) is 22.3 Å². The van der Waals surface area contributed by atoms with Crippen LogP contribution in [-0.4, -0.2) is 44.8 Å². The Labute approximate surface area is 157 Å². The first kappa shape index (κ1) is 17.5. The number of carbonyl (C=O) groups excluding carboxylic acids is 1. The molecule has 7 nitrogen and oxygen atoms in total. The summed E-state index contributed by atoms with van der Waals surface area (Å²) in [5, 5.41) is 24.0. The lowest BCUT2D eigenvalue weighted by molar-refractivity contribution is 0.0889. The molecule has 0 radical (unpaired) electrons. The third-order valence-corrected chi connectivity index (χ3v) is 5.24. The van der Waals surface area contributed by atoms with Gasteiger partial charge in [-0.15, -0.1) is 0 Å². The highest BCUT2D eigenvalue weighted by molar-refractivity contribution is 6.07. The van der Waals surface area contributed by atoms with Crippen LogP contribution in [0.3, 0.4) is 0 Å². The zero-order valence-electron chi connectivity index (χ0n) is 15.5. The van der Waals surface area contributed by atoms with Crippen LogP contribution in [0.4, 0.5) is 0 Å². The molecule has 1 aliphatic rings. The topological polar surface area (TPSA) is 103 Å². The van der Waals surface area contributed by atoms with Gasteiger partial charge in [0.15, 0.2) is 5.65 Å². The number of hydrogen-bond acceptors (Lipinski definition) is 5. The second kappa shape index (κ2) is 6.66. The van der Waals surface area contributed by atoms with Crippen molar-refractivity contribution in [3.05, 3.63) is 41.6 Å². The van der Waals surface area contributed by atoms with Crippen molar-refractivity contribution in [2.45, 2.75) is 32.2 Å². The molecule has 0 bridgehead atoms. The van der Waals surface area contributed by atoms with Gasteiger partial charge in [-0.3, -0.25) is 9.89 Å². The number of aromatic hydroxyl groups is 1. The van der Waals surface area contributed by atoms with E-state index in [9.17, 15) is 9.90 Å². The average Bonchev–Trinajstić information content (AvgIpc) is 3.03. The Balaban J connectivity index is 1.77. The molecule has 0 aliphatic carbocycles. The van der Waals surface area contributed by atoms with E-state index in [4.69, 9.17) is 0 Å². The van der Waals surface area contributed by atoms with E-state index in [1.165, 1.54) is 0 Å². The van der Waals surface area contributed by atoms with Gasteiger partial charge in [-0.05, 0) is 70.1 Å². The normalized spacial score (nSPS) is 16.4. The summed E-state index contributed by atoms with van der Waals surface area (Å²) in [5.74, 6) is 0.0744. The monoisotopic (exact) mass is 365 g/mol. The van der Waals surface area contributed by atoms with Crippen LogP contribution in [0.15, 0.2) is 30.3 Å². The largest absolute Gasteiger partial charge is 0.508 e. The zero-order chi connectivity index (χ0) is 19.0. The molecular formula is C20H23N5O2. The van der Waals surface area contributed by atoms with Gasteiger partial charge < -0.3 is 15.7 Å². The first-order chi connectivity index (χ1) is 13.0. The lowest BCUT2D eigenvalue weighted by Gasteiger charge is -2.35. The number of amides is 1. The summed E-state index contributed by atoms with van der Waals surface area (Å²) in [4.78, 5) is 17.8. The van der Waals surface area contributed by atoms with Gasteiger partial charge in [0.05, 0.1) is 22.3 Å². The maximum absolute atomic E-state index is 13.2. The third kappa shape index (κ3) is 3.38. The fourth-order valence-corrected chi connectivity index (χ4v) is 3.59. The van der Waals surface area contributed by atoms with Crippen molar-refractivity contribution >= 4 is 16.9 Å². The van der Waals surface area contributed by atoms with Crippen molar-refractivity contribution in [3.63, 3.8) is 0 Å². The number of aromatic amines is 1. The van der Waals surface area contributed by atoms with Gasteiger partial charge in [0.25, 0.3) is 5.91 Å². The summed E-state index contributed by atoms with van der Waals surface area (Å²) in [7, 11) is 0. The Morgan fingerprint density at radius 2 is 1.93 bits per heavy atom. The van der Waals surface area contributed by atoms with Gasteiger partial charge in [0, 0.05) is 11.1 Å². The van der Waals surface area contributed by atoms with Crippen LogP contribution >= 0.6 is 0 Å². The smallest absolute Gasteiger partial charge is 0.252 e. The molecular weight excluding hydrogens is 342 g/mol. The minimum Gasteiger partial charge on any atom is -0.508 e. The van der Waals surface area contributed by atoms with Crippen LogP contribution in [0.5, 0.6) is 5.75 Å². The SMILES string of the molecule is Cc1n[nH]c2nc(-c3ccc(O)cc3)cc(C(=O)NC3(C)CCNCC3)c12. The summed E-state index contributed by atoms with van der Waals surface area (Å²) >= 11 is 0. The predicted octanol–water partition coefficient (Wildman–Crippen LogP) is 2.51. The molecule has 4 rings (SSSR count). The standard InChI is InChI=1S/C20H23N5O2/c1-12-17-15(19(27)23-20(2)7-9-21-10-8-20)11-16(22-18(17)25-24-12)13-3-5-14(26)6-4-13/h3-6,11,21,26H,7-10H2,1-2H3,(H,23,27)(H,22,24,25). The van der Waals surface area contributed by atoms with E-state index in [0.717, 1.165) is 42.6 Å². The molecule has 7 heteroatoms. The number of H-pyrrole nitrogens is 1. The van der Waals surface area contributed by atoms with Gasteiger partial charge in [-0.1, -0.05) is 0 Å². The molecule has 3 aromatic rings. The number of phenolic OH excluding ortho intramolecular Hbond substituents is 1. The zero-order valence-corrected chi connectivity index (χ0v) is 15.5. The van der Waals surface area contributed by atoms with Crippen LogP contribution in [0.2, 0.25) is 0 Å². The number of nitrogens with one attached hydrogen (secondary N) is 3. The van der Waals surface area contributed by atoms with Gasteiger partial charge in [0.1, 0.15) is 5.75 Å². The molecule has 1 fully saturated rings. The highest BCUT2D eigenvalue weighted by Crippen LogP contribution is 2.28. The highest BCUT2D eigenvalue weighted by Gasteiger charge is 2.30. The number of aryl methyl sites for hydroxylation is 1. The number of pyridine rings is 1. The number of piperidine rings is 1. The number of benzene rings is 1. The van der Waals surface area contributed by atoms with Gasteiger partial charge in [0.2, 0.25) is 0 Å². The number of fused-ring (bicyclic) bond motifs is 1. The Morgan fingerprint density at radius 1 is 1.22 bits per heavy atom. The van der Waals surface area contributed by atoms with Crippen molar-refractivity contribution in [1.29, 1.82) is 0 Å². The fraction of sp³-hybridized carbons (Fsp3) is 0.350. The lowest BCUT2D eigenvalue weighted by atomic mass is 9.90. The molecule has 2 aromatic heterocycles. The number of aromatic nitrogens is 3. The Morgan fingerprint density at radius 3 is 2.63 bits per heavy atom. The van der Waals surface area contributed by atoms with Crippen LogP contribution in [0.1, 0.15) is 35.8 Å². The Hall–Kier alpha value is -2.93. The van der Waals surface area contributed by atoms with E-state index in [1.54, 1.807) is 30.3 Å². The quantitative estimate of drug-likeness (QED) is 0.571. The van der Waals surface area contributed by atoms with Crippen LogP contribution in [-0.2, 0) is 0 Å². The molecule has 0 atom stereocenters. The lowest BCUT2D eigenvalue weighted by Crippen LogP contribution is -2.52. The average molecular weight is 365 g/mol. The molecule has 3 heterocycles. The van der Waals surface area contributed by atoms with Crippen molar-refractivity contribution < 1.29 is 9.90 Å². The van der Waals surface area contributed by atoms with Crippen LogP contribution < -0.4 is 10.6 Å². The summed E-state index contributed by atoms with van der Waals surface area (Å²) < 4.78 is 0. The maximum atomic E-state index is 13.2. The van der Waals surface area contributed by atoms with E-state index in [1.807, 2.05) is 6.92 Å². The predicted molar refractivity (Wildman–Crippen MR) is 104 cm³/mol. The molecule has 1 aliphatic heterocycles. The molecule has 0 saturated carbocycles. The highest BCUT2D eigenvalue weighted by atomic mass is 16.3. The fourth-order valence-electron chi connectivity index (χ4n) is 3.59. The number of hydrogen-bond donors (Lipinski definition) is 4. The molecule has 1 aromatic carbocycles. The minimum atomic E-state index is -0.228. The van der Waals surface area contributed by atoms with Gasteiger partial charge in [-0.2, -0.15) is 5.10 Å². The minimum absolute atomic E-state index is 0.115. The van der Waals surface area contributed by atoms with Gasteiger partial charge >= 0.3 is 0 Å². The summed E-state index contributed by atoms with van der Waals surface area (Å²) in [6.45, 7) is 5.75. The number of nitrogens with zero attached hydrogens (tertiary/aromatic N) is 2. The van der Waals surface area contributed by atoms with Crippen molar-refractivity contribution in [2.24, 2.45) is 0 Å². The number of carbonyl (C=O) groups is 1. The van der Waals surface area contributed by atoms with Crippen molar-refractivity contribution in [1.82, 2.24) is 25.8 Å². The van der Waals surface area contributed by atoms with Crippen molar-refractivity contribution in [3.8, 4) is 17.0 Å². The van der Waals surface area contributed by atoms with E-state index in [-0.39, 0.29) is 17.2 Å². The van der Waals surface area contributed by atoms with E-state index in [0.29, 0.717) is 16.9 Å². The Kier molecular flexibility index (Phi) is 4.31.